The summed E-state index contributed by atoms with van der Waals surface area (Å²) >= 11 is 13.5. The Morgan fingerprint density at radius 2 is 1.81 bits per heavy atom. The van der Waals surface area contributed by atoms with Crippen LogP contribution < -0.4 is 5.32 Å². The van der Waals surface area contributed by atoms with Crippen molar-refractivity contribution in [1.82, 2.24) is 15.0 Å². The molecule has 0 fully saturated rings. The van der Waals surface area contributed by atoms with Crippen LogP contribution in [0.25, 0.3) is 5.69 Å². The van der Waals surface area contributed by atoms with E-state index < -0.39 is 0 Å². The normalized spacial score (nSPS) is 12.3. The third-order valence-corrected chi connectivity index (χ3v) is 4.57. The molecular weight excluding hydrogens is 327 g/mol. The summed E-state index contributed by atoms with van der Waals surface area (Å²) in [5, 5.41) is 11.6. The maximum Gasteiger partial charge on any atom is 0.0996 e. The first-order chi connectivity index (χ1) is 10.1. The van der Waals surface area contributed by atoms with E-state index >= 15 is 0 Å². The Morgan fingerprint density at radius 1 is 1.14 bits per heavy atom. The van der Waals surface area contributed by atoms with Crippen molar-refractivity contribution in [2.45, 2.75) is 13.0 Å². The van der Waals surface area contributed by atoms with Gasteiger partial charge in [0, 0.05) is 11.3 Å². The van der Waals surface area contributed by atoms with Crippen molar-refractivity contribution in [2.75, 3.05) is 5.32 Å². The van der Waals surface area contributed by atoms with E-state index in [9.17, 15) is 0 Å². The highest BCUT2D eigenvalue weighted by atomic mass is 35.5. The van der Waals surface area contributed by atoms with E-state index in [0.717, 1.165) is 21.3 Å². The highest BCUT2D eigenvalue weighted by molar-refractivity contribution is 7.20. The standard InChI is InChI=1S/C14H12Cl2N4S/c1-9(12-8-13(15)21-14(12)16)19-10-2-4-11(5-3-10)20-17-6-7-18-20/h2-9,19H,1H3. The minimum Gasteiger partial charge on any atom is -0.378 e. The summed E-state index contributed by atoms with van der Waals surface area (Å²) in [6, 6.07) is 9.85. The van der Waals surface area contributed by atoms with Crippen LogP contribution in [0.5, 0.6) is 0 Å². The Kier molecular flexibility index (Phi) is 4.14. The van der Waals surface area contributed by atoms with Crippen molar-refractivity contribution in [3.63, 3.8) is 0 Å². The molecule has 1 aromatic carbocycles. The lowest BCUT2D eigenvalue weighted by molar-refractivity contribution is 0.752. The summed E-state index contributed by atoms with van der Waals surface area (Å²) in [6.45, 7) is 2.05. The average molecular weight is 339 g/mol. The molecule has 3 rings (SSSR count). The van der Waals surface area contributed by atoms with Crippen molar-refractivity contribution in [1.29, 1.82) is 0 Å². The van der Waals surface area contributed by atoms with Crippen LogP contribution in [-0.4, -0.2) is 15.0 Å². The molecule has 0 bridgehead atoms. The van der Waals surface area contributed by atoms with E-state index in [2.05, 4.69) is 15.5 Å². The molecule has 108 valence electrons. The number of halogens is 2. The molecule has 21 heavy (non-hydrogen) atoms. The predicted molar refractivity (Wildman–Crippen MR) is 87.7 cm³/mol. The second kappa shape index (κ2) is 6.05. The van der Waals surface area contributed by atoms with Gasteiger partial charge in [-0.3, -0.25) is 0 Å². The van der Waals surface area contributed by atoms with Gasteiger partial charge in [0.25, 0.3) is 0 Å². The topological polar surface area (TPSA) is 42.7 Å². The van der Waals surface area contributed by atoms with Gasteiger partial charge in [-0.15, -0.1) is 11.3 Å². The Morgan fingerprint density at radius 3 is 2.38 bits per heavy atom. The van der Waals surface area contributed by atoms with Crippen LogP contribution in [0.1, 0.15) is 18.5 Å². The van der Waals surface area contributed by atoms with Gasteiger partial charge in [-0.2, -0.15) is 15.0 Å². The molecule has 3 aromatic rings. The maximum absolute atomic E-state index is 6.17. The Hall–Kier alpha value is -1.56. The zero-order valence-electron chi connectivity index (χ0n) is 11.1. The van der Waals surface area contributed by atoms with Gasteiger partial charge in [0.2, 0.25) is 0 Å². The van der Waals surface area contributed by atoms with Gasteiger partial charge in [0.05, 0.1) is 32.8 Å². The number of nitrogens with zero attached hydrogens (tertiary/aromatic N) is 3. The average Bonchev–Trinajstić information content (AvgIpc) is 3.09. The molecule has 0 spiro atoms. The summed E-state index contributed by atoms with van der Waals surface area (Å²) in [5.41, 5.74) is 2.91. The van der Waals surface area contributed by atoms with Crippen molar-refractivity contribution >= 4 is 40.2 Å². The van der Waals surface area contributed by atoms with E-state index in [0.29, 0.717) is 4.34 Å². The molecule has 0 aliphatic heterocycles. The van der Waals surface area contributed by atoms with Crippen molar-refractivity contribution in [3.05, 3.63) is 57.0 Å². The third-order valence-electron chi connectivity index (χ3n) is 3.05. The molecule has 1 unspecified atom stereocenters. The first-order valence-corrected chi connectivity index (χ1v) is 7.89. The number of benzene rings is 1. The van der Waals surface area contributed by atoms with Crippen molar-refractivity contribution in [2.24, 2.45) is 0 Å². The zero-order valence-corrected chi connectivity index (χ0v) is 13.5. The SMILES string of the molecule is CC(Nc1ccc(-n2nccn2)cc1)c1cc(Cl)sc1Cl. The molecule has 0 aliphatic rings. The van der Waals surface area contributed by atoms with Gasteiger partial charge < -0.3 is 5.32 Å². The van der Waals surface area contributed by atoms with E-state index in [1.54, 1.807) is 17.2 Å². The fourth-order valence-electron chi connectivity index (χ4n) is 2.02. The van der Waals surface area contributed by atoms with Gasteiger partial charge >= 0.3 is 0 Å². The highest BCUT2D eigenvalue weighted by Crippen LogP contribution is 2.36. The number of hydrogen-bond acceptors (Lipinski definition) is 4. The van der Waals surface area contributed by atoms with Gasteiger partial charge in [-0.05, 0) is 37.3 Å². The van der Waals surface area contributed by atoms with Crippen LogP contribution in [-0.2, 0) is 0 Å². The van der Waals surface area contributed by atoms with Gasteiger partial charge in [-0.25, -0.2) is 0 Å². The Balaban J connectivity index is 1.74. The smallest absolute Gasteiger partial charge is 0.0996 e. The second-order valence-electron chi connectivity index (χ2n) is 4.51. The summed E-state index contributed by atoms with van der Waals surface area (Å²) < 4.78 is 1.42. The maximum atomic E-state index is 6.17. The minimum absolute atomic E-state index is 0.0786. The number of hydrogen-bond donors (Lipinski definition) is 1. The molecule has 0 saturated carbocycles. The van der Waals surface area contributed by atoms with Gasteiger partial charge in [0.1, 0.15) is 0 Å². The van der Waals surface area contributed by atoms with Crippen LogP contribution in [0.3, 0.4) is 0 Å². The number of nitrogens with one attached hydrogen (secondary N) is 1. The number of rotatable bonds is 4. The molecule has 4 nitrogen and oxygen atoms in total. The Bertz CT molecular complexity index is 722. The minimum atomic E-state index is 0.0786. The first-order valence-electron chi connectivity index (χ1n) is 6.31. The van der Waals surface area contributed by atoms with Crippen molar-refractivity contribution in [3.8, 4) is 5.69 Å². The van der Waals surface area contributed by atoms with Crippen LogP contribution in [0.15, 0.2) is 42.7 Å². The molecule has 1 N–H and O–H groups in total. The highest BCUT2D eigenvalue weighted by Gasteiger charge is 2.13. The largest absolute Gasteiger partial charge is 0.378 e. The zero-order chi connectivity index (χ0) is 14.8. The van der Waals surface area contributed by atoms with E-state index in [1.807, 2.05) is 37.3 Å². The molecule has 0 saturated heterocycles. The number of thiophene rings is 1. The lowest BCUT2D eigenvalue weighted by Crippen LogP contribution is -2.06. The third kappa shape index (κ3) is 3.20. The van der Waals surface area contributed by atoms with E-state index in [1.165, 1.54) is 11.3 Å². The molecule has 7 heteroatoms. The van der Waals surface area contributed by atoms with E-state index in [-0.39, 0.29) is 6.04 Å². The Labute approximate surface area is 136 Å². The summed E-state index contributed by atoms with van der Waals surface area (Å²) in [4.78, 5) is 1.57. The predicted octanol–water partition coefficient (Wildman–Crippen LogP) is 4.81. The fraction of sp³-hybridized carbons (Fsp3) is 0.143. The summed E-state index contributed by atoms with van der Waals surface area (Å²) in [5.74, 6) is 0. The van der Waals surface area contributed by atoms with Crippen LogP contribution >= 0.6 is 34.5 Å². The molecular formula is C14H12Cl2N4S. The summed E-state index contributed by atoms with van der Waals surface area (Å²) in [7, 11) is 0. The van der Waals surface area contributed by atoms with Crippen LogP contribution in [0.2, 0.25) is 8.67 Å². The van der Waals surface area contributed by atoms with Crippen LogP contribution in [0.4, 0.5) is 5.69 Å². The number of anilines is 1. The van der Waals surface area contributed by atoms with E-state index in [4.69, 9.17) is 23.2 Å². The molecule has 1 atom stereocenters. The number of aromatic nitrogens is 3. The van der Waals surface area contributed by atoms with Gasteiger partial charge in [0.15, 0.2) is 0 Å². The molecule has 2 aromatic heterocycles. The first kappa shape index (κ1) is 14.4. The monoisotopic (exact) mass is 338 g/mol. The molecule has 0 radical (unpaired) electrons. The van der Waals surface area contributed by atoms with Crippen molar-refractivity contribution < 1.29 is 0 Å². The lowest BCUT2D eigenvalue weighted by Gasteiger charge is -2.15. The van der Waals surface area contributed by atoms with Crippen LogP contribution in [0, 0.1) is 0 Å². The second-order valence-corrected chi connectivity index (χ2v) is 6.80. The summed E-state index contributed by atoms with van der Waals surface area (Å²) in [6.07, 6.45) is 3.30. The quantitative estimate of drug-likeness (QED) is 0.742. The molecule has 0 aliphatic carbocycles. The molecule has 0 amide bonds. The van der Waals surface area contributed by atoms with Gasteiger partial charge in [-0.1, -0.05) is 23.2 Å². The fourth-order valence-corrected chi connectivity index (χ4v) is 3.66. The molecule has 2 heterocycles. The lowest BCUT2D eigenvalue weighted by atomic mass is 10.1.